The van der Waals surface area contributed by atoms with Crippen LogP contribution in [-0.2, 0) is 5.04 Å². The van der Waals surface area contributed by atoms with E-state index in [1.807, 2.05) is 0 Å². The first kappa shape index (κ1) is 15.2. The average Bonchev–Trinajstić information content (AvgIpc) is 3.14. The molecule has 3 unspecified atom stereocenters. The lowest BCUT2D eigenvalue weighted by atomic mass is 9.77. The van der Waals surface area contributed by atoms with Crippen molar-refractivity contribution in [3.05, 3.63) is 89.0 Å². The second-order valence-electron chi connectivity index (χ2n) is 7.85. The summed E-state index contributed by atoms with van der Waals surface area (Å²) in [7, 11) is -0.598. The summed E-state index contributed by atoms with van der Waals surface area (Å²) in [4.78, 5) is 0. The molecule has 3 aromatic carbocycles. The summed E-state index contributed by atoms with van der Waals surface area (Å²) in [6.07, 6.45) is 4.93. The molecular weight excluding hydrogens is 316 g/mol. The van der Waals surface area contributed by atoms with E-state index in [-0.39, 0.29) is 5.04 Å². The minimum absolute atomic E-state index is 0.175. The number of rotatable bonds is 2. The van der Waals surface area contributed by atoms with Crippen LogP contribution in [0.1, 0.15) is 41.0 Å². The number of fused-ring (bicyclic) bond motifs is 1. The molecule has 0 aromatic heterocycles. The van der Waals surface area contributed by atoms with Crippen LogP contribution in [-0.4, -0.2) is 8.80 Å². The lowest BCUT2D eigenvalue weighted by Gasteiger charge is -2.42. The molecule has 2 aliphatic rings. The molecule has 0 N–H and O–H groups in total. The van der Waals surface area contributed by atoms with Crippen molar-refractivity contribution in [3.63, 3.8) is 0 Å². The number of hydrogen-bond acceptors (Lipinski definition) is 0. The Morgan fingerprint density at radius 1 is 0.840 bits per heavy atom. The van der Waals surface area contributed by atoms with E-state index < -0.39 is 8.80 Å². The third-order valence-electron chi connectivity index (χ3n) is 6.54. The molecule has 0 aliphatic heterocycles. The van der Waals surface area contributed by atoms with Crippen molar-refractivity contribution in [2.75, 3.05) is 0 Å². The summed E-state index contributed by atoms with van der Waals surface area (Å²) >= 11 is 0. The largest absolute Gasteiger partial charge is 0.0757 e. The first-order valence-electron chi connectivity index (χ1n) is 9.25. The molecule has 0 bridgehead atoms. The van der Waals surface area contributed by atoms with E-state index in [0.29, 0.717) is 11.8 Å². The van der Waals surface area contributed by atoms with Crippen molar-refractivity contribution in [2.45, 2.75) is 36.9 Å². The summed E-state index contributed by atoms with van der Waals surface area (Å²) in [6, 6.07) is 22.8. The molecule has 0 saturated carbocycles. The lowest BCUT2D eigenvalue weighted by molar-refractivity contribution is 0.500. The molecule has 123 valence electrons. The molecule has 0 nitrogen and oxygen atoms in total. The fourth-order valence-electron chi connectivity index (χ4n) is 5.48. The standard InChI is InChI=1S/C24H23Si/c1-16-19-11-6-9-18-10-7-12-20(22(18)19)23(16)24(25(2)3)15-14-17-8-4-5-13-21(17)24/h4-16,23H,1-3H3. The van der Waals surface area contributed by atoms with Crippen molar-refractivity contribution >= 4 is 25.6 Å². The third kappa shape index (κ3) is 1.82. The Bertz CT molecular complexity index is 1010. The Hall–Kier alpha value is -2.12. The zero-order valence-electron chi connectivity index (χ0n) is 15.1. The summed E-state index contributed by atoms with van der Waals surface area (Å²) in [5.74, 6) is 1.09. The van der Waals surface area contributed by atoms with Crippen LogP contribution < -0.4 is 0 Å². The Morgan fingerprint density at radius 3 is 2.32 bits per heavy atom. The molecule has 1 radical (unpaired) electrons. The van der Waals surface area contributed by atoms with Gasteiger partial charge in [-0.05, 0) is 38.9 Å². The minimum atomic E-state index is -0.598. The highest BCUT2D eigenvalue weighted by Crippen LogP contribution is 2.58. The number of hydrogen-bond donors (Lipinski definition) is 0. The normalized spacial score (nSPS) is 26.6. The summed E-state index contributed by atoms with van der Waals surface area (Å²) in [5.41, 5.74) is 6.08. The van der Waals surface area contributed by atoms with Gasteiger partial charge < -0.3 is 0 Å². The van der Waals surface area contributed by atoms with Gasteiger partial charge in [0.05, 0.1) is 8.80 Å². The molecule has 0 spiro atoms. The summed E-state index contributed by atoms with van der Waals surface area (Å²) in [5, 5.41) is 3.09. The number of benzene rings is 3. The molecule has 25 heavy (non-hydrogen) atoms. The van der Waals surface area contributed by atoms with Gasteiger partial charge >= 0.3 is 0 Å². The molecule has 0 heterocycles. The zero-order chi connectivity index (χ0) is 17.2. The van der Waals surface area contributed by atoms with Crippen LogP contribution in [0.25, 0.3) is 16.8 Å². The van der Waals surface area contributed by atoms with Crippen molar-refractivity contribution in [2.24, 2.45) is 0 Å². The van der Waals surface area contributed by atoms with Gasteiger partial charge in [0, 0.05) is 11.0 Å². The Morgan fingerprint density at radius 2 is 1.56 bits per heavy atom. The van der Waals surface area contributed by atoms with Crippen molar-refractivity contribution < 1.29 is 0 Å². The van der Waals surface area contributed by atoms with E-state index in [9.17, 15) is 0 Å². The molecule has 0 amide bonds. The smallest absolute Gasteiger partial charge is 0.0598 e. The van der Waals surface area contributed by atoms with Crippen LogP contribution in [0, 0.1) is 0 Å². The molecule has 2 aliphatic carbocycles. The first-order valence-corrected chi connectivity index (χ1v) is 11.8. The highest BCUT2D eigenvalue weighted by atomic mass is 28.3. The third-order valence-corrected chi connectivity index (χ3v) is 8.95. The predicted octanol–water partition coefficient (Wildman–Crippen LogP) is 6.30. The fourth-order valence-corrected chi connectivity index (χ4v) is 7.69. The average molecular weight is 340 g/mol. The van der Waals surface area contributed by atoms with Gasteiger partial charge in [-0.15, -0.1) is 0 Å². The Balaban J connectivity index is 1.82. The lowest BCUT2D eigenvalue weighted by Crippen LogP contribution is -2.43. The second-order valence-corrected chi connectivity index (χ2v) is 10.7. The van der Waals surface area contributed by atoms with Crippen molar-refractivity contribution in [1.29, 1.82) is 0 Å². The van der Waals surface area contributed by atoms with Gasteiger partial charge in [0.1, 0.15) is 0 Å². The predicted molar refractivity (Wildman–Crippen MR) is 110 cm³/mol. The van der Waals surface area contributed by atoms with Gasteiger partial charge in [-0.2, -0.15) is 0 Å². The van der Waals surface area contributed by atoms with E-state index in [4.69, 9.17) is 0 Å². The van der Waals surface area contributed by atoms with E-state index >= 15 is 0 Å². The molecule has 5 rings (SSSR count). The second kappa shape index (κ2) is 5.19. The fraction of sp³-hybridized carbons (Fsp3) is 0.250. The van der Waals surface area contributed by atoms with Gasteiger partial charge in [0.25, 0.3) is 0 Å². The van der Waals surface area contributed by atoms with E-state index in [2.05, 4.69) is 92.8 Å². The van der Waals surface area contributed by atoms with Gasteiger partial charge in [-0.3, -0.25) is 0 Å². The number of allylic oxidation sites excluding steroid dienone is 1. The molecule has 3 aromatic rings. The summed E-state index contributed by atoms with van der Waals surface area (Å²) < 4.78 is 0. The van der Waals surface area contributed by atoms with E-state index in [1.165, 1.54) is 16.3 Å². The quantitative estimate of drug-likeness (QED) is 0.481. The maximum Gasteiger partial charge on any atom is 0.0598 e. The van der Waals surface area contributed by atoms with Crippen LogP contribution in [0.2, 0.25) is 13.1 Å². The molecule has 0 fully saturated rings. The highest BCUT2D eigenvalue weighted by Gasteiger charge is 2.50. The van der Waals surface area contributed by atoms with Crippen molar-refractivity contribution in [1.82, 2.24) is 0 Å². The first-order chi connectivity index (χ1) is 12.1. The Labute approximate surface area is 151 Å². The molecule has 1 heteroatoms. The minimum Gasteiger partial charge on any atom is -0.0757 e. The monoisotopic (exact) mass is 339 g/mol. The van der Waals surface area contributed by atoms with Crippen LogP contribution in [0.5, 0.6) is 0 Å². The van der Waals surface area contributed by atoms with Crippen LogP contribution in [0.4, 0.5) is 0 Å². The zero-order valence-corrected chi connectivity index (χ0v) is 16.1. The highest BCUT2D eigenvalue weighted by molar-refractivity contribution is 6.61. The molecular formula is C24H23Si. The van der Waals surface area contributed by atoms with Gasteiger partial charge in [0.2, 0.25) is 0 Å². The van der Waals surface area contributed by atoms with Gasteiger partial charge in [-0.25, -0.2) is 0 Å². The van der Waals surface area contributed by atoms with Crippen LogP contribution in [0.15, 0.2) is 66.7 Å². The SMILES string of the molecule is CC1c2cccc3cccc(c23)C1C1([Si](C)C)C=Cc2ccccc21. The van der Waals surface area contributed by atoms with E-state index in [1.54, 1.807) is 16.7 Å². The van der Waals surface area contributed by atoms with E-state index in [0.717, 1.165) is 0 Å². The Kier molecular flexibility index (Phi) is 3.14. The van der Waals surface area contributed by atoms with Crippen molar-refractivity contribution in [3.8, 4) is 0 Å². The molecule has 0 saturated heterocycles. The van der Waals surface area contributed by atoms with Crippen LogP contribution in [0.3, 0.4) is 0 Å². The summed E-state index contributed by atoms with van der Waals surface area (Å²) in [6.45, 7) is 7.43. The van der Waals surface area contributed by atoms with Gasteiger partial charge in [0.15, 0.2) is 0 Å². The topological polar surface area (TPSA) is 0 Å². The maximum atomic E-state index is 2.55. The molecule has 3 atom stereocenters. The maximum absolute atomic E-state index is 2.55. The van der Waals surface area contributed by atoms with Gasteiger partial charge in [-0.1, -0.05) is 92.8 Å². The van der Waals surface area contributed by atoms with Crippen LogP contribution >= 0.6 is 0 Å².